The first-order chi connectivity index (χ1) is 6.64. The second-order valence-corrected chi connectivity index (χ2v) is 5.11. The van der Waals surface area contributed by atoms with Crippen LogP contribution in [-0.2, 0) is 12.8 Å². The summed E-state index contributed by atoms with van der Waals surface area (Å²) < 4.78 is 0. The first kappa shape index (κ1) is 9.76. The maximum atomic E-state index is 2.41. The van der Waals surface area contributed by atoms with Gasteiger partial charge in [-0.2, -0.15) is 0 Å². The zero-order valence-corrected chi connectivity index (χ0v) is 9.51. The van der Waals surface area contributed by atoms with Crippen LogP contribution in [0.4, 0.5) is 0 Å². The molecule has 0 N–H and O–H groups in total. The van der Waals surface area contributed by atoms with Crippen LogP contribution in [0.25, 0.3) is 0 Å². The van der Waals surface area contributed by atoms with Crippen molar-refractivity contribution in [2.45, 2.75) is 40.0 Å². The van der Waals surface area contributed by atoms with Crippen molar-refractivity contribution in [2.75, 3.05) is 0 Å². The minimum atomic E-state index is 0.604. The van der Waals surface area contributed by atoms with Crippen molar-refractivity contribution in [1.29, 1.82) is 0 Å². The quantitative estimate of drug-likeness (QED) is 0.676. The Balaban J connectivity index is 2.10. The van der Waals surface area contributed by atoms with Crippen LogP contribution in [-0.4, -0.2) is 0 Å². The highest BCUT2D eigenvalue weighted by Gasteiger charge is 2.45. The van der Waals surface area contributed by atoms with Crippen LogP contribution < -0.4 is 0 Å². The van der Waals surface area contributed by atoms with Crippen molar-refractivity contribution >= 4 is 0 Å². The molecule has 1 fully saturated rings. The minimum Gasteiger partial charge on any atom is -0.0620 e. The van der Waals surface area contributed by atoms with Crippen molar-refractivity contribution in [2.24, 2.45) is 11.3 Å². The number of rotatable bonds is 3. The highest BCUT2D eigenvalue weighted by molar-refractivity contribution is 5.25. The van der Waals surface area contributed by atoms with Crippen LogP contribution in [0.1, 0.15) is 38.3 Å². The van der Waals surface area contributed by atoms with E-state index in [2.05, 4.69) is 45.0 Å². The van der Waals surface area contributed by atoms with E-state index in [0.717, 1.165) is 12.3 Å². The highest BCUT2D eigenvalue weighted by atomic mass is 14.5. The summed E-state index contributed by atoms with van der Waals surface area (Å²) in [6.45, 7) is 7.00. The molecule has 0 heterocycles. The Labute approximate surface area is 87.3 Å². The zero-order valence-electron chi connectivity index (χ0n) is 9.51. The fraction of sp³-hybridized carbons (Fsp3) is 0.571. The molecule has 0 amide bonds. The Hall–Kier alpha value is -0.780. The predicted octanol–water partition coefficient (Wildman–Crippen LogP) is 3.84. The second kappa shape index (κ2) is 3.42. The van der Waals surface area contributed by atoms with Gasteiger partial charge in [-0.3, -0.25) is 0 Å². The molecule has 0 saturated heterocycles. The predicted molar refractivity (Wildman–Crippen MR) is 61.4 cm³/mol. The summed E-state index contributed by atoms with van der Waals surface area (Å²) in [7, 11) is 0. The van der Waals surface area contributed by atoms with Crippen molar-refractivity contribution in [3.8, 4) is 0 Å². The van der Waals surface area contributed by atoms with Gasteiger partial charge in [0, 0.05) is 0 Å². The van der Waals surface area contributed by atoms with Crippen LogP contribution in [0.5, 0.6) is 0 Å². The van der Waals surface area contributed by atoms with Crippen molar-refractivity contribution in [3.05, 3.63) is 35.4 Å². The Morgan fingerprint density at radius 1 is 1.36 bits per heavy atom. The van der Waals surface area contributed by atoms with Gasteiger partial charge in [0.05, 0.1) is 0 Å². The lowest BCUT2D eigenvalue weighted by molar-refractivity contribution is 0.517. The van der Waals surface area contributed by atoms with E-state index in [1.54, 1.807) is 0 Å². The maximum Gasteiger partial charge on any atom is -0.0222 e. The summed E-state index contributed by atoms with van der Waals surface area (Å²) in [5, 5.41) is 0. The fourth-order valence-electron chi connectivity index (χ4n) is 2.31. The molecule has 0 spiro atoms. The van der Waals surface area contributed by atoms with E-state index in [1.165, 1.54) is 24.0 Å². The lowest BCUT2D eigenvalue weighted by atomic mass is 9.95. The summed E-state index contributed by atoms with van der Waals surface area (Å²) >= 11 is 0. The van der Waals surface area contributed by atoms with E-state index in [4.69, 9.17) is 0 Å². The van der Waals surface area contributed by atoms with Gasteiger partial charge >= 0.3 is 0 Å². The standard InChI is InChI=1S/C14H20/c1-4-12-6-5-7-13(8-12)10-14(3)9-11(14)2/h5-8,11H,4,9-10H2,1-3H3. The monoisotopic (exact) mass is 188 g/mol. The van der Waals surface area contributed by atoms with Crippen molar-refractivity contribution in [1.82, 2.24) is 0 Å². The number of hydrogen-bond donors (Lipinski definition) is 0. The molecule has 0 nitrogen and oxygen atoms in total. The van der Waals surface area contributed by atoms with Crippen molar-refractivity contribution < 1.29 is 0 Å². The number of aryl methyl sites for hydroxylation is 1. The Morgan fingerprint density at radius 3 is 2.57 bits per heavy atom. The molecule has 1 saturated carbocycles. The smallest absolute Gasteiger partial charge is 0.0222 e. The van der Waals surface area contributed by atoms with E-state index in [0.29, 0.717) is 5.41 Å². The highest BCUT2D eigenvalue weighted by Crippen LogP contribution is 2.53. The Bertz CT molecular complexity index is 327. The average Bonchev–Trinajstić information content (AvgIpc) is 2.74. The van der Waals surface area contributed by atoms with Gasteiger partial charge in [-0.1, -0.05) is 45.0 Å². The van der Waals surface area contributed by atoms with Crippen LogP contribution in [0.15, 0.2) is 24.3 Å². The number of benzene rings is 1. The van der Waals surface area contributed by atoms with Gasteiger partial charge in [-0.25, -0.2) is 0 Å². The van der Waals surface area contributed by atoms with Gasteiger partial charge < -0.3 is 0 Å². The molecule has 0 bridgehead atoms. The molecular formula is C14H20. The minimum absolute atomic E-state index is 0.604. The lowest BCUT2D eigenvalue weighted by Crippen LogP contribution is -2.02. The van der Waals surface area contributed by atoms with Crippen LogP contribution in [0.3, 0.4) is 0 Å². The number of hydrogen-bond acceptors (Lipinski definition) is 0. The van der Waals surface area contributed by atoms with Gasteiger partial charge in [0.1, 0.15) is 0 Å². The van der Waals surface area contributed by atoms with Gasteiger partial charge in [0.25, 0.3) is 0 Å². The van der Waals surface area contributed by atoms with Crippen LogP contribution in [0, 0.1) is 11.3 Å². The molecule has 0 aromatic heterocycles. The van der Waals surface area contributed by atoms with Crippen LogP contribution in [0.2, 0.25) is 0 Å². The lowest BCUT2D eigenvalue weighted by Gasteiger charge is -2.10. The van der Waals surface area contributed by atoms with E-state index >= 15 is 0 Å². The molecule has 76 valence electrons. The average molecular weight is 188 g/mol. The Morgan fingerprint density at radius 2 is 2.00 bits per heavy atom. The van der Waals surface area contributed by atoms with Gasteiger partial charge in [-0.05, 0) is 41.7 Å². The fourth-order valence-corrected chi connectivity index (χ4v) is 2.31. The second-order valence-electron chi connectivity index (χ2n) is 5.11. The largest absolute Gasteiger partial charge is 0.0620 e. The molecule has 0 heteroatoms. The molecule has 1 aliphatic rings. The molecule has 0 aliphatic heterocycles. The summed E-state index contributed by atoms with van der Waals surface area (Å²) in [6.07, 6.45) is 3.82. The normalized spacial score (nSPS) is 30.4. The summed E-state index contributed by atoms with van der Waals surface area (Å²) in [5.41, 5.74) is 3.60. The third-order valence-electron chi connectivity index (χ3n) is 3.81. The maximum absolute atomic E-state index is 2.41. The van der Waals surface area contributed by atoms with Gasteiger partial charge in [0.15, 0.2) is 0 Å². The van der Waals surface area contributed by atoms with Crippen molar-refractivity contribution in [3.63, 3.8) is 0 Å². The molecule has 2 atom stereocenters. The Kier molecular flexibility index (Phi) is 2.38. The topological polar surface area (TPSA) is 0 Å². The van der Waals surface area contributed by atoms with E-state index in [9.17, 15) is 0 Å². The van der Waals surface area contributed by atoms with E-state index in [-0.39, 0.29) is 0 Å². The molecule has 1 aliphatic carbocycles. The van der Waals surface area contributed by atoms with Gasteiger partial charge in [-0.15, -0.1) is 0 Å². The summed E-state index contributed by atoms with van der Waals surface area (Å²) in [4.78, 5) is 0. The first-order valence-corrected chi connectivity index (χ1v) is 5.72. The summed E-state index contributed by atoms with van der Waals surface area (Å²) in [6, 6.07) is 9.07. The molecule has 1 aromatic carbocycles. The molecule has 2 rings (SSSR count). The van der Waals surface area contributed by atoms with Gasteiger partial charge in [0.2, 0.25) is 0 Å². The van der Waals surface area contributed by atoms with E-state index < -0.39 is 0 Å². The zero-order chi connectivity index (χ0) is 10.2. The molecule has 2 unspecified atom stereocenters. The van der Waals surface area contributed by atoms with E-state index in [1.807, 2.05) is 0 Å². The molecule has 1 aromatic rings. The molecule has 14 heavy (non-hydrogen) atoms. The third kappa shape index (κ3) is 1.84. The first-order valence-electron chi connectivity index (χ1n) is 5.72. The third-order valence-corrected chi connectivity index (χ3v) is 3.81. The van der Waals surface area contributed by atoms with Crippen LogP contribution >= 0.6 is 0 Å². The molecule has 0 radical (unpaired) electrons. The SMILES string of the molecule is CCc1cccc(CC2(C)CC2C)c1. The summed E-state index contributed by atoms with van der Waals surface area (Å²) in [5.74, 6) is 0.924. The molecular weight excluding hydrogens is 168 g/mol.